The van der Waals surface area contributed by atoms with E-state index < -0.39 is 0 Å². The van der Waals surface area contributed by atoms with E-state index in [1.165, 1.54) is 5.56 Å². The zero-order valence-corrected chi connectivity index (χ0v) is 12.9. The van der Waals surface area contributed by atoms with Crippen LogP contribution >= 0.6 is 11.6 Å². The Hall–Kier alpha value is -1.80. The molecule has 0 fully saturated rings. The van der Waals surface area contributed by atoms with Crippen LogP contribution in [0.2, 0.25) is 0 Å². The van der Waals surface area contributed by atoms with Gasteiger partial charge in [0.1, 0.15) is 0 Å². The predicted molar refractivity (Wildman–Crippen MR) is 85.9 cm³/mol. The predicted octanol–water partition coefficient (Wildman–Crippen LogP) is 3.94. The Balaban J connectivity index is 1.85. The van der Waals surface area contributed by atoms with Crippen LogP contribution in [0.25, 0.3) is 0 Å². The highest BCUT2D eigenvalue weighted by atomic mass is 35.5. The Morgan fingerprint density at radius 1 is 1.14 bits per heavy atom. The second-order valence-corrected chi connectivity index (χ2v) is 6.31. The summed E-state index contributed by atoms with van der Waals surface area (Å²) in [5, 5.41) is 3.00. The van der Waals surface area contributed by atoms with Crippen LogP contribution in [0, 0.1) is 13.8 Å². The number of rotatable bonds is 2. The van der Waals surface area contributed by atoms with E-state index in [9.17, 15) is 4.79 Å². The Labute approximate surface area is 130 Å². The molecular weight excluding hydrogens is 282 g/mol. The third-order valence-electron chi connectivity index (χ3n) is 3.94. The summed E-state index contributed by atoms with van der Waals surface area (Å²) < 4.78 is 0. The number of carbonyl (C=O) groups is 1. The molecule has 0 aromatic heterocycles. The van der Waals surface area contributed by atoms with Gasteiger partial charge in [0.15, 0.2) is 0 Å². The normalized spacial score (nSPS) is 20.1. The number of hydrogen-bond donors (Lipinski definition) is 1. The first-order valence-electron chi connectivity index (χ1n) is 7.15. The molecule has 1 aliphatic rings. The number of benzene rings is 2. The van der Waals surface area contributed by atoms with Crippen LogP contribution in [0.15, 0.2) is 42.5 Å². The maximum atomic E-state index is 12.5. The molecule has 0 saturated carbocycles. The zero-order valence-electron chi connectivity index (χ0n) is 12.2. The van der Waals surface area contributed by atoms with Crippen LogP contribution in [0.3, 0.4) is 0 Å². The van der Waals surface area contributed by atoms with Crippen LogP contribution in [0.1, 0.15) is 38.7 Å². The van der Waals surface area contributed by atoms with E-state index in [1.54, 1.807) is 0 Å². The Morgan fingerprint density at radius 2 is 1.81 bits per heavy atom. The van der Waals surface area contributed by atoms with Crippen molar-refractivity contribution in [3.63, 3.8) is 0 Å². The van der Waals surface area contributed by atoms with Crippen LogP contribution in [-0.4, -0.2) is 11.3 Å². The molecule has 0 spiro atoms. The van der Waals surface area contributed by atoms with Gasteiger partial charge in [0.2, 0.25) is 0 Å². The first kappa shape index (κ1) is 14.2. The van der Waals surface area contributed by atoms with Crippen LogP contribution in [-0.2, 0) is 6.42 Å². The molecule has 2 aromatic rings. The molecule has 1 amide bonds. The lowest BCUT2D eigenvalue weighted by molar-refractivity contribution is 0.0937. The van der Waals surface area contributed by atoms with E-state index in [0.29, 0.717) is 5.56 Å². The molecule has 108 valence electrons. The number of hydrogen-bond acceptors (Lipinski definition) is 1. The van der Waals surface area contributed by atoms with Gasteiger partial charge in [-0.25, -0.2) is 0 Å². The van der Waals surface area contributed by atoms with Crippen LogP contribution in [0.4, 0.5) is 0 Å². The quantitative estimate of drug-likeness (QED) is 0.836. The molecule has 2 aromatic carbocycles. The molecule has 0 aliphatic heterocycles. The number of aryl methyl sites for hydroxylation is 2. The fourth-order valence-electron chi connectivity index (χ4n) is 3.04. The summed E-state index contributed by atoms with van der Waals surface area (Å²) in [6, 6.07) is 13.9. The SMILES string of the molecule is Cc1cc(C)cc(C(=O)NC2c3ccccc3CC2Cl)c1. The molecule has 21 heavy (non-hydrogen) atoms. The maximum Gasteiger partial charge on any atom is 0.251 e. The molecule has 3 heteroatoms. The molecule has 2 nitrogen and oxygen atoms in total. The number of alkyl halides is 1. The molecule has 0 radical (unpaired) electrons. The van der Waals surface area contributed by atoms with E-state index in [2.05, 4.69) is 17.4 Å². The van der Waals surface area contributed by atoms with Crippen molar-refractivity contribution in [1.82, 2.24) is 5.32 Å². The van der Waals surface area contributed by atoms with E-state index in [0.717, 1.165) is 23.1 Å². The van der Waals surface area contributed by atoms with E-state index in [4.69, 9.17) is 11.6 Å². The molecule has 1 N–H and O–H groups in total. The lowest BCUT2D eigenvalue weighted by Gasteiger charge is -2.18. The summed E-state index contributed by atoms with van der Waals surface area (Å²) in [6.45, 7) is 4.00. The molecule has 1 aliphatic carbocycles. The highest BCUT2D eigenvalue weighted by molar-refractivity contribution is 6.21. The summed E-state index contributed by atoms with van der Waals surface area (Å²) in [5.74, 6) is -0.0610. The van der Waals surface area contributed by atoms with Gasteiger partial charge in [-0.1, -0.05) is 41.5 Å². The van der Waals surface area contributed by atoms with Crippen molar-refractivity contribution in [3.05, 3.63) is 70.3 Å². The van der Waals surface area contributed by atoms with E-state index >= 15 is 0 Å². The van der Waals surface area contributed by atoms with Gasteiger partial charge in [-0.3, -0.25) is 4.79 Å². The fraction of sp³-hybridized carbons (Fsp3) is 0.278. The zero-order chi connectivity index (χ0) is 15.0. The van der Waals surface area contributed by atoms with Gasteiger partial charge in [0.25, 0.3) is 5.91 Å². The van der Waals surface area contributed by atoms with Gasteiger partial charge in [-0.05, 0) is 43.5 Å². The van der Waals surface area contributed by atoms with Gasteiger partial charge in [-0.2, -0.15) is 0 Å². The second-order valence-electron chi connectivity index (χ2n) is 5.75. The van der Waals surface area contributed by atoms with Crippen LogP contribution in [0.5, 0.6) is 0 Å². The molecule has 0 saturated heterocycles. The third-order valence-corrected chi connectivity index (χ3v) is 4.34. The van der Waals surface area contributed by atoms with Gasteiger partial charge < -0.3 is 5.32 Å². The lowest BCUT2D eigenvalue weighted by atomic mass is 10.1. The third kappa shape index (κ3) is 2.81. The average molecular weight is 300 g/mol. The highest BCUT2D eigenvalue weighted by Crippen LogP contribution is 2.34. The van der Waals surface area contributed by atoms with Gasteiger partial charge in [0, 0.05) is 5.56 Å². The number of carbonyl (C=O) groups excluding carboxylic acids is 1. The largest absolute Gasteiger partial charge is 0.344 e. The Bertz CT molecular complexity index is 675. The molecular formula is C18H18ClNO. The van der Waals surface area contributed by atoms with Gasteiger partial charge >= 0.3 is 0 Å². The molecule has 3 rings (SSSR count). The average Bonchev–Trinajstić information content (AvgIpc) is 2.74. The van der Waals surface area contributed by atoms with Crippen molar-refractivity contribution in [2.75, 3.05) is 0 Å². The number of halogens is 1. The minimum atomic E-state index is -0.115. The van der Waals surface area contributed by atoms with Crippen molar-refractivity contribution in [3.8, 4) is 0 Å². The van der Waals surface area contributed by atoms with Crippen molar-refractivity contribution >= 4 is 17.5 Å². The fourth-order valence-corrected chi connectivity index (χ4v) is 3.41. The summed E-state index contributed by atoms with van der Waals surface area (Å²) in [6.07, 6.45) is 0.801. The topological polar surface area (TPSA) is 29.1 Å². The minimum absolute atomic E-state index is 0.0610. The van der Waals surface area contributed by atoms with Gasteiger partial charge in [-0.15, -0.1) is 11.6 Å². The monoisotopic (exact) mass is 299 g/mol. The Morgan fingerprint density at radius 3 is 2.52 bits per heavy atom. The van der Waals surface area contributed by atoms with Crippen molar-refractivity contribution < 1.29 is 4.79 Å². The standard InChI is InChI=1S/C18H18ClNO/c1-11-7-12(2)9-14(8-11)18(21)20-17-15-6-4-3-5-13(15)10-16(17)19/h3-9,16-17H,10H2,1-2H3,(H,20,21). The van der Waals surface area contributed by atoms with Crippen LogP contribution < -0.4 is 5.32 Å². The second kappa shape index (κ2) is 5.53. The molecule has 2 atom stereocenters. The molecule has 0 heterocycles. The van der Waals surface area contributed by atoms with Crippen molar-refractivity contribution in [2.24, 2.45) is 0 Å². The maximum absolute atomic E-state index is 12.5. The number of amides is 1. The number of fused-ring (bicyclic) bond motifs is 1. The van der Waals surface area contributed by atoms with E-state index in [-0.39, 0.29) is 17.3 Å². The minimum Gasteiger partial charge on any atom is -0.344 e. The lowest BCUT2D eigenvalue weighted by Crippen LogP contribution is -2.31. The van der Waals surface area contributed by atoms with Crippen molar-refractivity contribution in [1.29, 1.82) is 0 Å². The molecule has 0 bridgehead atoms. The number of nitrogens with one attached hydrogen (secondary N) is 1. The van der Waals surface area contributed by atoms with Gasteiger partial charge in [0.05, 0.1) is 11.4 Å². The highest BCUT2D eigenvalue weighted by Gasteiger charge is 2.32. The summed E-state index contributed by atoms with van der Waals surface area (Å²) in [5.41, 5.74) is 5.24. The van der Waals surface area contributed by atoms with E-state index in [1.807, 2.05) is 44.2 Å². The van der Waals surface area contributed by atoms with Crippen molar-refractivity contribution in [2.45, 2.75) is 31.7 Å². The first-order valence-corrected chi connectivity index (χ1v) is 7.59. The summed E-state index contributed by atoms with van der Waals surface area (Å²) in [4.78, 5) is 12.5. The first-order chi connectivity index (χ1) is 10.0. The smallest absolute Gasteiger partial charge is 0.251 e. The molecule has 2 unspecified atom stereocenters. The Kier molecular flexibility index (Phi) is 3.73. The summed E-state index contributed by atoms with van der Waals surface area (Å²) >= 11 is 6.42. The summed E-state index contributed by atoms with van der Waals surface area (Å²) in [7, 11) is 0.